The summed E-state index contributed by atoms with van der Waals surface area (Å²) in [7, 11) is 0. The van der Waals surface area contributed by atoms with Gasteiger partial charge in [0.2, 0.25) is 0 Å². The summed E-state index contributed by atoms with van der Waals surface area (Å²) < 4.78 is 19.1. The Kier molecular flexibility index (Phi) is 6.21. The first-order valence-electron chi connectivity index (χ1n) is 8.93. The molecule has 0 amide bonds. The highest BCUT2D eigenvalue weighted by Gasteiger charge is 2.11. The van der Waals surface area contributed by atoms with Gasteiger partial charge in [0.05, 0.1) is 6.61 Å². The summed E-state index contributed by atoms with van der Waals surface area (Å²) in [5, 5.41) is 15.1. The van der Waals surface area contributed by atoms with Crippen molar-refractivity contribution in [2.45, 2.75) is 32.5 Å². The predicted molar refractivity (Wildman–Crippen MR) is 103 cm³/mol. The van der Waals surface area contributed by atoms with Crippen molar-refractivity contribution in [2.75, 3.05) is 6.61 Å². The van der Waals surface area contributed by atoms with Crippen LogP contribution in [-0.2, 0) is 13.2 Å². The van der Waals surface area contributed by atoms with Crippen LogP contribution in [0.3, 0.4) is 0 Å². The van der Waals surface area contributed by atoms with Crippen LogP contribution in [0.5, 0.6) is 5.75 Å². The molecule has 0 aliphatic carbocycles. The largest absolute Gasteiger partial charge is 0.489 e. The van der Waals surface area contributed by atoms with E-state index in [1.807, 2.05) is 31.2 Å². The van der Waals surface area contributed by atoms with Gasteiger partial charge in [-0.15, -0.1) is 0 Å². The predicted octanol–water partition coefficient (Wildman–Crippen LogP) is 4.42. The quantitative estimate of drug-likeness (QED) is 0.630. The molecule has 136 valence electrons. The molecule has 3 nitrogen and oxygen atoms in total. The second-order valence-corrected chi connectivity index (χ2v) is 6.35. The zero-order valence-corrected chi connectivity index (χ0v) is 14.9. The molecule has 0 spiro atoms. The highest BCUT2D eigenvalue weighted by atomic mass is 19.1. The van der Waals surface area contributed by atoms with Crippen LogP contribution in [0.4, 0.5) is 4.39 Å². The van der Waals surface area contributed by atoms with E-state index in [9.17, 15) is 9.50 Å². The number of rotatable bonds is 8. The van der Waals surface area contributed by atoms with Crippen LogP contribution in [0.25, 0.3) is 10.8 Å². The molecule has 3 aromatic rings. The number of fused-ring (bicyclic) bond motifs is 1. The van der Waals surface area contributed by atoms with Crippen LogP contribution in [0.15, 0.2) is 60.7 Å². The second-order valence-electron chi connectivity index (χ2n) is 6.35. The first-order chi connectivity index (χ1) is 12.7. The van der Waals surface area contributed by atoms with Crippen molar-refractivity contribution in [2.24, 2.45) is 0 Å². The molecule has 1 unspecified atom stereocenters. The van der Waals surface area contributed by atoms with E-state index in [4.69, 9.17) is 4.74 Å². The monoisotopic (exact) mass is 353 g/mol. The van der Waals surface area contributed by atoms with E-state index in [0.717, 1.165) is 34.1 Å². The Morgan fingerprint density at radius 2 is 1.81 bits per heavy atom. The van der Waals surface area contributed by atoms with Crippen molar-refractivity contribution in [3.05, 3.63) is 77.6 Å². The lowest BCUT2D eigenvalue weighted by atomic mass is 10.0. The molecule has 4 heteroatoms. The topological polar surface area (TPSA) is 41.5 Å². The van der Waals surface area contributed by atoms with E-state index >= 15 is 0 Å². The van der Waals surface area contributed by atoms with E-state index in [2.05, 4.69) is 17.4 Å². The maximum atomic E-state index is 13.1. The zero-order valence-electron chi connectivity index (χ0n) is 14.9. The van der Waals surface area contributed by atoms with Gasteiger partial charge in [0.15, 0.2) is 0 Å². The van der Waals surface area contributed by atoms with Crippen LogP contribution < -0.4 is 10.1 Å². The Morgan fingerprint density at radius 1 is 1.04 bits per heavy atom. The number of aliphatic hydroxyl groups is 1. The minimum Gasteiger partial charge on any atom is -0.489 e. The minimum absolute atomic E-state index is 0.0546. The molecule has 0 saturated carbocycles. The molecule has 3 aromatic carbocycles. The lowest BCUT2D eigenvalue weighted by Gasteiger charge is -2.18. The third kappa shape index (κ3) is 4.40. The van der Waals surface area contributed by atoms with Gasteiger partial charge in [-0.3, -0.25) is 0 Å². The number of ether oxygens (including phenoxy) is 1. The third-order valence-electron chi connectivity index (χ3n) is 4.59. The maximum Gasteiger partial charge on any atom is 0.124 e. The van der Waals surface area contributed by atoms with Crippen molar-refractivity contribution < 1.29 is 14.2 Å². The smallest absolute Gasteiger partial charge is 0.124 e. The first kappa shape index (κ1) is 18.4. The van der Waals surface area contributed by atoms with Crippen molar-refractivity contribution in [3.8, 4) is 5.75 Å². The summed E-state index contributed by atoms with van der Waals surface area (Å²) in [4.78, 5) is 0. The summed E-state index contributed by atoms with van der Waals surface area (Å²) in [6.45, 7) is 3.14. The van der Waals surface area contributed by atoms with Crippen molar-refractivity contribution in [3.63, 3.8) is 0 Å². The number of halogens is 1. The molecule has 0 fully saturated rings. The van der Waals surface area contributed by atoms with Gasteiger partial charge < -0.3 is 15.2 Å². The van der Waals surface area contributed by atoms with Gasteiger partial charge in [-0.1, -0.05) is 49.4 Å². The number of nitrogens with one attached hydrogen (secondary N) is 1. The average Bonchev–Trinajstić information content (AvgIpc) is 2.68. The fourth-order valence-corrected chi connectivity index (χ4v) is 2.96. The molecular formula is C22H24FNO2. The van der Waals surface area contributed by atoms with E-state index < -0.39 is 0 Å². The molecule has 0 aromatic heterocycles. The Morgan fingerprint density at radius 3 is 2.54 bits per heavy atom. The molecule has 0 radical (unpaired) electrons. The summed E-state index contributed by atoms with van der Waals surface area (Å²) in [6.07, 6.45) is 0.854. The van der Waals surface area contributed by atoms with Crippen LogP contribution in [0.2, 0.25) is 0 Å². The average molecular weight is 353 g/mol. The van der Waals surface area contributed by atoms with Crippen LogP contribution in [-0.4, -0.2) is 17.8 Å². The van der Waals surface area contributed by atoms with Crippen LogP contribution in [0.1, 0.15) is 24.5 Å². The number of benzene rings is 3. The summed E-state index contributed by atoms with van der Waals surface area (Å²) >= 11 is 0. The second kappa shape index (κ2) is 8.79. The Labute approximate surface area is 153 Å². The SMILES string of the molecule is CCC(CO)NCc1c(OCc2ccc(F)cc2)ccc2ccccc12. The van der Waals surface area contributed by atoms with Gasteiger partial charge in [-0.2, -0.15) is 0 Å². The van der Waals surface area contributed by atoms with Gasteiger partial charge in [0.25, 0.3) is 0 Å². The lowest BCUT2D eigenvalue weighted by Crippen LogP contribution is -2.31. The van der Waals surface area contributed by atoms with E-state index in [1.54, 1.807) is 12.1 Å². The van der Waals surface area contributed by atoms with Crippen LogP contribution >= 0.6 is 0 Å². The van der Waals surface area contributed by atoms with E-state index in [-0.39, 0.29) is 18.5 Å². The molecule has 26 heavy (non-hydrogen) atoms. The van der Waals surface area contributed by atoms with Gasteiger partial charge in [-0.25, -0.2) is 4.39 Å². The molecule has 0 saturated heterocycles. The Balaban J connectivity index is 1.85. The molecule has 0 aliphatic rings. The molecule has 0 bridgehead atoms. The highest BCUT2D eigenvalue weighted by Crippen LogP contribution is 2.29. The fourth-order valence-electron chi connectivity index (χ4n) is 2.96. The van der Waals surface area contributed by atoms with Crippen molar-refractivity contribution >= 4 is 10.8 Å². The third-order valence-corrected chi connectivity index (χ3v) is 4.59. The standard InChI is InChI=1S/C22H24FNO2/c1-2-19(14-25)24-13-21-20-6-4-3-5-17(20)9-12-22(21)26-15-16-7-10-18(23)11-8-16/h3-12,19,24-25H,2,13-15H2,1H3. The highest BCUT2D eigenvalue weighted by molar-refractivity contribution is 5.87. The van der Waals surface area contributed by atoms with E-state index in [1.165, 1.54) is 12.1 Å². The summed E-state index contributed by atoms with van der Waals surface area (Å²) in [5.74, 6) is 0.548. The van der Waals surface area contributed by atoms with Crippen molar-refractivity contribution in [1.82, 2.24) is 5.32 Å². The first-order valence-corrected chi connectivity index (χ1v) is 8.93. The Bertz CT molecular complexity index is 844. The lowest BCUT2D eigenvalue weighted by molar-refractivity contribution is 0.237. The number of aliphatic hydroxyl groups excluding tert-OH is 1. The van der Waals surface area contributed by atoms with E-state index in [0.29, 0.717) is 13.2 Å². The van der Waals surface area contributed by atoms with Crippen molar-refractivity contribution in [1.29, 1.82) is 0 Å². The number of hydrogen-bond acceptors (Lipinski definition) is 3. The molecule has 0 heterocycles. The minimum atomic E-state index is -0.251. The molecular weight excluding hydrogens is 329 g/mol. The summed E-state index contributed by atoms with van der Waals surface area (Å²) in [5.41, 5.74) is 1.98. The zero-order chi connectivity index (χ0) is 18.4. The fraction of sp³-hybridized carbons (Fsp3) is 0.273. The molecule has 1 atom stereocenters. The maximum absolute atomic E-state index is 13.1. The number of hydrogen-bond donors (Lipinski definition) is 2. The van der Waals surface area contributed by atoms with Gasteiger partial charge in [0, 0.05) is 18.2 Å². The molecule has 2 N–H and O–H groups in total. The van der Waals surface area contributed by atoms with Gasteiger partial charge >= 0.3 is 0 Å². The van der Waals surface area contributed by atoms with Crippen LogP contribution in [0, 0.1) is 5.82 Å². The molecule has 3 rings (SSSR count). The summed E-state index contributed by atoms with van der Waals surface area (Å²) in [6, 6.07) is 18.6. The normalized spacial score (nSPS) is 12.3. The Hall–Kier alpha value is -2.43. The molecule has 0 aliphatic heterocycles. The van der Waals surface area contributed by atoms with Gasteiger partial charge in [0.1, 0.15) is 18.2 Å². The van der Waals surface area contributed by atoms with Gasteiger partial charge in [-0.05, 0) is 41.0 Å².